The van der Waals surface area contributed by atoms with Crippen molar-refractivity contribution in [3.63, 3.8) is 0 Å². The first-order valence-electron chi connectivity index (χ1n) is 10.0. The number of rotatable bonds is 6. The molecule has 1 saturated heterocycles. The van der Waals surface area contributed by atoms with Crippen LogP contribution in [-0.4, -0.2) is 29.1 Å². The highest BCUT2D eigenvalue weighted by Crippen LogP contribution is 2.34. The molecular formula is C23H31N3O3. The highest BCUT2D eigenvalue weighted by molar-refractivity contribution is 5.90. The number of amides is 1. The maximum absolute atomic E-state index is 12.5. The molecule has 1 aliphatic heterocycles. The fraction of sp³-hybridized carbons (Fsp3) is 0.478. The Labute approximate surface area is 173 Å². The molecule has 0 unspecified atom stereocenters. The number of carbonyl (C=O) groups excluding carboxylic acids is 1. The van der Waals surface area contributed by atoms with Gasteiger partial charge in [-0.1, -0.05) is 6.07 Å². The number of aromatic nitrogens is 1. The van der Waals surface area contributed by atoms with Gasteiger partial charge in [-0.3, -0.25) is 4.79 Å². The first-order chi connectivity index (χ1) is 13.6. The summed E-state index contributed by atoms with van der Waals surface area (Å²) in [5.41, 5.74) is 0.737. The third kappa shape index (κ3) is 6.19. The van der Waals surface area contributed by atoms with Crippen LogP contribution in [0.5, 0.6) is 17.4 Å². The Balaban J connectivity index is 1.56. The van der Waals surface area contributed by atoms with E-state index < -0.39 is 0 Å². The van der Waals surface area contributed by atoms with Crippen LogP contribution in [0.25, 0.3) is 0 Å². The van der Waals surface area contributed by atoms with E-state index in [4.69, 9.17) is 9.47 Å². The van der Waals surface area contributed by atoms with Crippen molar-refractivity contribution in [1.82, 2.24) is 10.3 Å². The van der Waals surface area contributed by atoms with Gasteiger partial charge in [-0.25, -0.2) is 4.98 Å². The average molecular weight is 398 g/mol. The summed E-state index contributed by atoms with van der Waals surface area (Å²) in [6.07, 6.45) is 4.09. The van der Waals surface area contributed by atoms with Crippen molar-refractivity contribution in [2.45, 2.75) is 58.0 Å². The summed E-state index contributed by atoms with van der Waals surface area (Å²) in [4.78, 5) is 16.8. The number of anilines is 1. The highest BCUT2D eigenvalue weighted by Gasteiger charge is 2.38. The van der Waals surface area contributed by atoms with Crippen molar-refractivity contribution in [2.75, 3.05) is 12.4 Å². The number of nitrogens with zero attached hydrogens (tertiary/aromatic N) is 1. The minimum absolute atomic E-state index is 0.0202. The number of nitrogens with one attached hydrogen (secondary N) is 2. The lowest BCUT2D eigenvalue weighted by Crippen LogP contribution is -2.58. The van der Waals surface area contributed by atoms with Gasteiger partial charge in [0.1, 0.15) is 11.5 Å². The van der Waals surface area contributed by atoms with Crippen molar-refractivity contribution >= 4 is 11.6 Å². The number of methoxy groups -OCH3 is 1. The van der Waals surface area contributed by atoms with Crippen molar-refractivity contribution < 1.29 is 14.3 Å². The largest absolute Gasteiger partial charge is 0.497 e. The monoisotopic (exact) mass is 397 g/mol. The van der Waals surface area contributed by atoms with Crippen LogP contribution in [0.2, 0.25) is 0 Å². The van der Waals surface area contributed by atoms with E-state index in [9.17, 15) is 4.79 Å². The predicted octanol–water partition coefficient (Wildman–Crippen LogP) is 4.77. The Bertz CT molecular complexity index is 831. The summed E-state index contributed by atoms with van der Waals surface area (Å²) in [7, 11) is 1.61. The number of piperidine rings is 1. The van der Waals surface area contributed by atoms with Crippen LogP contribution in [-0.2, 0) is 4.79 Å². The Morgan fingerprint density at radius 2 is 1.83 bits per heavy atom. The minimum Gasteiger partial charge on any atom is -0.497 e. The normalized spacial score (nSPS) is 18.1. The van der Waals surface area contributed by atoms with Crippen molar-refractivity contribution in [3.05, 3.63) is 42.6 Å². The lowest BCUT2D eigenvalue weighted by Gasteiger charge is -2.46. The van der Waals surface area contributed by atoms with E-state index in [1.165, 1.54) is 0 Å². The second-order valence-electron chi connectivity index (χ2n) is 9.09. The molecule has 2 aromatic rings. The van der Waals surface area contributed by atoms with Gasteiger partial charge in [0.25, 0.3) is 0 Å². The molecule has 0 saturated carbocycles. The predicted molar refractivity (Wildman–Crippen MR) is 115 cm³/mol. The van der Waals surface area contributed by atoms with Crippen LogP contribution >= 0.6 is 0 Å². The van der Waals surface area contributed by atoms with E-state index in [1.54, 1.807) is 31.5 Å². The van der Waals surface area contributed by atoms with Crippen LogP contribution in [0.15, 0.2) is 42.6 Å². The van der Waals surface area contributed by atoms with Crippen molar-refractivity contribution in [2.24, 2.45) is 5.92 Å². The summed E-state index contributed by atoms with van der Waals surface area (Å²) in [6.45, 7) is 8.79. The number of carbonyl (C=O) groups is 1. The van der Waals surface area contributed by atoms with Crippen LogP contribution in [0, 0.1) is 5.92 Å². The van der Waals surface area contributed by atoms with Gasteiger partial charge < -0.3 is 20.1 Å². The molecule has 0 atom stereocenters. The number of benzene rings is 1. The minimum atomic E-state index is 0.0202. The molecule has 6 heteroatoms. The molecule has 0 spiro atoms. The Hall–Kier alpha value is -2.60. The topological polar surface area (TPSA) is 72.5 Å². The first-order valence-corrected chi connectivity index (χ1v) is 10.0. The van der Waals surface area contributed by atoms with Crippen LogP contribution in [0.3, 0.4) is 0 Å². The zero-order chi connectivity index (χ0) is 21.1. The molecule has 156 valence electrons. The molecule has 1 amide bonds. The molecule has 6 nitrogen and oxygen atoms in total. The average Bonchev–Trinajstić information content (AvgIpc) is 2.60. The van der Waals surface area contributed by atoms with Gasteiger partial charge in [0.05, 0.1) is 19.0 Å². The summed E-state index contributed by atoms with van der Waals surface area (Å²) in [5, 5.41) is 6.61. The molecule has 29 heavy (non-hydrogen) atoms. The fourth-order valence-corrected chi connectivity index (χ4v) is 4.45. The molecule has 2 heterocycles. The van der Waals surface area contributed by atoms with E-state index >= 15 is 0 Å². The van der Waals surface area contributed by atoms with Gasteiger partial charge in [0.15, 0.2) is 0 Å². The summed E-state index contributed by atoms with van der Waals surface area (Å²) in [5.74, 6) is 2.19. The molecule has 0 radical (unpaired) electrons. The van der Waals surface area contributed by atoms with Crippen molar-refractivity contribution in [3.8, 4) is 17.4 Å². The summed E-state index contributed by atoms with van der Waals surface area (Å²) in [6, 6.07) is 10.9. The first kappa shape index (κ1) is 21.1. The van der Waals surface area contributed by atoms with E-state index in [2.05, 4.69) is 43.3 Å². The molecule has 1 aromatic heterocycles. The lowest BCUT2D eigenvalue weighted by molar-refractivity contribution is -0.117. The highest BCUT2D eigenvalue weighted by atomic mass is 16.5. The van der Waals surface area contributed by atoms with E-state index in [1.807, 2.05) is 18.2 Å². The SMILES string of the molecule is COc1cccc(Oc2ccc(NC(=O)CC3CC(C)(C)NC(C)(C)C3)cn2)c1. The van der Waals surface area contributed by atoms with Crippen molar-refractivity contribution in [1.29, 1.82) is 0 Å². The number of ether oxygens (including phenoxy) is 2. The zero-order valence-electron chi connectivity index (χ0n) is 17.9. The fourth-order valence-electron chi connectivity index (χ4n) is 4.45. The van der Waals surface area contributed by atoms with Gasteiger partial charge in [-0.15, -0.1) is 0 Å². The molecule has 1 aromatic carbocycles. The molecular weight excluding hydrogens is 366 g/mol. The van der Waals surface area contributed by atoms with Crippen LogP contribution in [0.4, 0.5) is 5.69 Å². The number of hydrogen-bond acceptors (Lipinski definition) is 5. The van der Waals surface area contributed by atoms with Crippen LogP contribution < -0.4 is 20.1 Å². The molecule has 3 rings (SSSR count). The third-order valence-corrected chi connectivity index (χ3v) is 5.03. The second-order valence-corrected chi connectivity index (χ2v) is 9.09. The Kier molecular flexibility index (Phi) is 6.13. The standard InChI is InChI=1S/C23H31N3O3/c1-22(2)13-16(14-23(3,4)26-22)11-20(27)25-17-9-10-21(24-15-17)29-19-8-6-7-18(12-19)28-5/h6-10,12,15-16,26H,11,13-14H2,1-5H3,(H,25,27). The second kappa shape index (κ2) is 8.41. The maximum atomic E-state index is 12.5. The molecule has 0 aliphatic carbocycles. The smallest absolute Gasteiger partial charge is 0.224 e. The summed E-state index contributed by atoms with van der Waals surface area (Å²) >= 11 is 0. The van der Waals surface area contributed by atoms with Gasteiger partial charge in [0.2, 0.25) is 11.8 Å². The van der Waals surface area contributed by atoms with Crippen LogP contribution in [0.1, 0.15) is 47.0 Å². The van der Waals surface area contributed by atoms with Gasteiger partial charge in [-0.2, -0.15) is 0 Å². The number of hydrogen-bond donors (Lipinski definition) is 2. The zero-order valence-corrected chi connectivity index (χ0v) is 17.9. The quantitative estimate of drug-likeness (QED) is 0.735. The Morgan fingerprint density at radius 3 is 2.45 bits per heavy atom. The molecule has 1 fully saturated rings. The van der Waals surface area contributed by atoms with Gasteiger partial charge in [0, 0.05) is 29.6 Å². The third-order valence-electron chi connectivity index (χ3n) is 5.03. The van der Waals surface area contributed by atoms with E-state index in [-0.39, 0.29) is 17.0 Å². The van der Waals surface area contributed by atoms with Gasteiger partial charge >= 0.3 is 0 Å². The molecule has 0 bridgehead atoms. The number of pyridine rings is 1. The maximum Gasteiger partial charge on any atom is 0.224 e. The van der Waals surface area contributed by atoms with E-state index in [0.29, 0.717) is 29.7 Å². The Morgan fingerprint density at radius 1 is 1.14 bits per heavy atom. The summed E-state index contributed by atoms with van der Waals surface area (Å²) < 4.78 is 10.9. The molecule has 1 aliphatic rings. The van der Waals surface area contributed by atoms with Gasteiger partial charge in [-0.05, 0) is 64.7 Å². The van der Waals surface area contributed by atoms with E-state index in [0.717, 1.165) is 18.6 Å². The molecule has 2 N–H and O–H groups in total. The lowest BCUT2D eigenvalue weighted by atomic mass is 9.74.